The van der Waals surface area contributed by atoms with Crippen LogP contribution in [-0.2, 0) is 4.74 Å². The molecule has 15 heavy (non-hydrogen) atoms. The van der Waals surface area contributed by atoms with Crippen LogP contribution < -0.4 is 5.32 Å². The van der Waals surface area contributed by atoms with Crippen LogP contribution in [0, 0.1) is 0 Å². The van der Waals surface area contributed by atoms with Crippen molar-refractivity contribution in [2.45, 2.75) is 12.5 Å². The van der Waals surface area contributed by atoms with Crippen molar-refractivity contribution >= 4 is 17.5 Å². The highest BCUT2D eigenvalue weighted by molar-refractivity contribution is 6.30. The molecule has 1 aromatic heterocycles. The molecule has 1 saturated heterocycles. The van der Waals surface area contributed by atoms with Crippen LogP contribution in [0.5, 0.6) is 0 Å². The molecule has 5 heteroatoms. The summed E-state index contributed by atoms with van der Waals surface area (Å²) in [5, 5.41) is 3.35. The number of rotatable bonds is 2. The molecule has 0 aromatic carbocycles. The fourth-order valence-electron chi connectivity index (χ4n) is 1.44. The Hall–Kier alpha value is -1.13. The van der Waals surface area contributed by atoms with E-state index in [0.717, 1.165) is 6.42 Å². The first kappa shape index (κ1) is 10.4. The standard InChI is InChI=1S/C10H11ClN2O2/c11-7-1-3-12-9(5-7)10(14)13-8-2-4-15-6-8/h1,3,5,8H,2,4,6H2,(H,13,14). The number of halogens is 1. The molecule has 1 aliphatic heterocycles. The number of pyridine rings is 1. The number of ether oxygens (including phenoxy) is 1. The predicted octanol–water partition coefficient (Wildman–Crippen LogP) is 1.25. The van der Waals surface area contributed by atoms with E-state index in [-0.39, 0.29) is 11.9 Å². The fourth-order valence-corrected chi connectivity index (χ4v) is 1.60. The van der Waals surface area contributed by atoms with E-state index in [9.17, 15) is 4.79 Å². The maximum absolute atomic E-state index is 11.7. The molecule has 1 atom stereocenters. The van der Waals surface area contributed by atoms with E-state index in [1.807, 2.05) is 0 Å². The van der Waals surface area contributed by atoms with Gasteiger partial charge >= 0.3 is 0 Å². The third kappa shape index (κ3) is 2.67. The average molecular weight is 227 g/mol. The van der Waals surface area contributed by atoms with Gasteiger partial charge in [-0.25, -0.2) is 0 Å². The Bertz CT molecular complexity index is 364. The van der Waals surface area contributed by atoms with Crippen molar-refractivity contribution in [1.82, 2.24) is 10.3 Å². The molecule has 0 radical (unpaired) electrons. The Morgan fingerprint density at radius 2 is 2.53 bits per heavy atom. The van der Waals surface area contributed by atoms with Crippen LogP contribution in [0.15, 0.2) is 18.3 Å². The molecule has 1 aromatic rings. The topological polar surface area (TPSA) is 51.2 Å². The van der Waals surface area contributed by atoms with Crippen molar-refractivity contribution < 1.29 is 9.53 Å². The van der Waals surface area contributed by atoms with Gasteiger partial charge in [0.1, 0.15) is 5.69 Å². The molecule has 0 aliphatic carbocycles. The zero-order valence-electron chi connectivity index (χ0n) is 8.07. The number of nitrogens with zero attached hydrogens (tertiary/aromatic N) is 1. The molecule has 1 fully saturated rings. The van der Waals surface area contributed by atoms with Crippen LogP contribution in [0.2, 0.25) is 5.02 Å². The SMILES string of the molecule is O=C(NC1CCOC1)c1cc(Cl)ccn1. The Morgan fingerprint density at radius 3 is 3.20 bits per heavy atom. The lowest BCUT2D eigenvalue weighted by atomic mass is 10.2. The first-order chi connectivity index (χ1) is 7.25. The van der Waals surface area contributed by atoms with Gasteiger partial charge in [0.05, 0.1) is 12.6 Å². The summed E-state index contributed by atoms with van der Waals surface area (Å²) < 4.78 is 5.16. The summed E-state index contributed by atoms with van der Waals surface area (Å²) in [5.41, 5.74) is 0.342. The summed E-state index contributed by atoms with van der Waals surface area (Å²) in [6, 6.07) is 3.28. The van der Waals surface area contributed by atoms with Crippen molar-refractivity contribution in [3.05, 3.63) is 29.0 Å². The predicted molar refractivity (Wildman–Crippen MR) is 55.9 cm³/mol. The van der Waals surface area contributed by atoms with Gasteiger partial charge in [-0.1, -0.05) is 11.6 Å². The van der Waals surface area contributed by atoms with Gasteiger partial charge in [-0.05, 0) is 18.6 Å². The minimum atomic E-state index is -0.201. The Kier molecular flexibility index (Phi) is 3.18. The largest absolute Gasteiger partial charge is 0.379 e. The van der Waals surface area contributed by atoms with Gasteiger partial charge in [-0.2, -0.15) is 0 Å². The highest BCUT2D eigenvalue weighted by atomic mass is 35.5. The lowest BCUT2D eigenvalue weighted by Gasteiger charge is -2.09. The lowest BCUT2D eigenvalue weighted by molar-refractivity contribution is 0.0925. The minimum absolute atomic E-state index is 0.0956. The molecule has 0 spiro atoms. The number of nitrogens with one attached hydrogen (secondary N) is 1. The molecular weight excluding hydrogens is 216 g/mol. The van der Waals surface area contributed by atoms with E-state index in [1.54, 1.807) is 12.1 Å². The van der Waals surface area contributed by atoms with E-state index in [1.165, 1.54) is 6.20 Å². The quantitative estimate of drug-likeness (QED) is 0.826. The minimum Gasteiger partial charge on any atom is -0.379 e. The van der Waals surface area contributed by atoms with Gasteiger partial charge in [0.2, 0.25) is 0 Å². The molecule has 1 N–H and O–H groups in total. The van der Waals surface area contributed by atoms with Crippen LogP contribution in [0.1, 0.15) is 16.9 Å². The lowest BCUT2D eigenvalue weighted by Crippen LogP contribution is -2.35. The smallest absolute Gasteiger partial charge is 0.270 e. The van der Waals surface area contributed by atoms with E-state index >= 15 is 0 Å². The molecule has 0 bridgehead atoms. The second kappa shape index (κ2) is 4.59. The highest BCUT2D eigenvalue weighted by Crippen LogP contribution is 2.09. The third-order valence-electron chi connectivity index (χ3n) is 2.22. The molecule has 1 amide bonds. The maximum atomic E-state index is 11.7. The van der Waals surface area contributed by atoms with Crippen LogP contribution in [0.3, 0.4) is 0 Å². The Labute approximate surface area is 92.6 Å². The summed E-state index contributed by atoms with van der Waals surface area (Å²) in [4.78, 5) is 15.6. The van der Waals surface area contributed by atoms with E-state index in [0.29, 0.717) is 23.9 Å². The molecule has 1 aliphatic rings. The molecule has 0 saturated carbocycles. The van der Waals surface area contributed by atoms with Crippen LogP contribution in [-0.4, -0.2) is 30.1 Å². The van der Waals surface area contributed by atoms with Crippen molar-refractivity contribution in [3.8, 4) is 0 Å². The summed E-state index contributed by atoms with van der Waals surface area (Å²) in [5.74, 6) is -0.201. The zero-order valence-corrected chi connectivity index (χ0v) is 8.83. The van der Waals surface area contributed by atoms with Crippen LogP contribution in [0.4, 0.5) is 0 Å². The monoisotopic (exact) mass is 226 g/mol. The Morgan fingerprint density at radius 1 is 1.67 bits per heavy atom. The number of aromatic nitrogens is 1. The number of hydrogen-bond donors (Lipinski definition) is 1. The number of carbonyl (C=O) groups excluding carboxylic acids is 1. The summed E-state index contributed by atoms with van der Waals surface area (Å²) in [7, 11) is 0. The molecule has 2 heterocycles. The summed E-state index contributed by atoms with van der Waals surface area (Å²) in [6.45, 7) is 1.28. The van der Waals surface area contributed by atoms with Crippen molar-refractivity contribution in [2.75, 3.05) is 13.2 Å². The molecule has 4 nitrogen and oxygen atoms in total. The molecule has 2 rings (SSSR count). The highest BCUT2D eigenvalue weighted by Gasteiger charge is 2.19. The number of carbonyl (C=O) groups is 1. The first-order valence-electron chi connectivity index (χ1n) is 4.76. The van der Waals surface area contributed by atoms with Crippen LogP contribution >= 0.6 is 11.6 Å². The molecular formula is C10H11ClN2O2. The van der Waals surface area contributed by atoms with Gasteiger partial charge in [0, 0.05) is 17.8 Å². The van der Waals surface area contributed by atoms with Crippen molar-refractivity contribution in [3.63, 3.8) is 0 Å². The van der Waals surface area contributed by atoms with Gasteiger partial charge in [-0.15, -0.1) is 0 Å². The summed E-state index contributed by atoms with van der Waals surface area (Å²) >= 11 is 5.76. The van der Waals surface area contributed by atoms with Gasteiger partial charge in [0.15, 0.2) is 0 Å². The van der Waals surface area contributed by atoms with E-state index in [4.69, 9.17) is 16.3 Å². The van der Waals surface area contributed by atoms with Crippen LogP contribution in [0.25, 0.3) is 0 Å². The molecule has 1 unspecified atom stereocenters. The Balaban J connectivity index is 2.01. The fraction of sp³-hybridized carbons (Fsp3) is 0.400. The maximum Gasteiger partial charge on any atom is 0.270 e. The second-order valence-electron chi connectivity index (χ2n) is 3.39. The average Bonchev–Trinajstić information content (AvgIpc) is 2.70. The third-order valence-corrected chi connectivity index (χ3v) is 2.45. The van der Waals surface area contributed by atoms with Gasteiger partial charge < -0.3 is 10.1 Å². The zero-order chi connectivity index (χ0) is 10.7. The summed E-state index contributed by atoms with van der Waals surface area (Å²) in [6.07, 6.45) is 2.37. The van der Waals surface area contributed by atoms with Gasteiger partial charge in [0.25, 0.3) is 5.91 Å². The van der Waals surface area contributed by atoms with Crippen molar-refractivity contribution in [2.24, 2.45) is 0 Å². The normalized spacial score (nSPS) is 20.2. The van der Waals surface area contributed by atoms with Gasteiger partial charge in [-0.3, -0.25) is 9.78 Å². The number of hydrogen-bond acceptors (Lipinski definition) is 3. The van der Waals surface area contributed by atoms with Crippen molar-refractivity contribution in [1.29, 1.82) is 0 Å². The molecule has 80 valence electrons. The number of amides is 1. The second-order valence-corrected chi connectivity index (χ2v) is 3.83. The van der Waals surface area contributed by atoms with E-state index < -0.39 is 0 Å². The van der Waals surface area contributed by atoms with E-state index in [2.05, 4.69) is 10.3 Å². The first-order valence-corrected chi connectivity index (χ1v) is 5.13.